The molecule has 2 rings (SSSR count). The van der Waals surface area contributed by atoms with E-state index < -0.39 is 0 Å². The van der Waals surface area contributed by atoms with Gasteiger partial charge in [0.25, 0.3) is 0 Å². The number of aromatic nitrogens is 2. The van der Waals surface area contributed by atoms with Crippen molar-refractivity contribution in [1.29, 1.82) is 0 Å². The molecule has 0 aliphatic heterocycles. The molecule has 0 saturated heterocycles. The fourth-order valence-corrected chi connectivity index (χ4v) is 2.51. The Labute approximate surface area is 139 Å². The van der Waals surface area contributed by atoms with Gasteiger partial charge in [0.1, 0.15) is 4.88 Å². The highest BCUT2D eigenvalue weighted by molar-refractivity contribution is 7.16. The quantitative estimate of drug-likeness (QED) is 0.652. The Bertz CT molecular complexity index is 704. The van der Waals surface area contributed by atoms with Crippen molar-refractivity contribution in [2.45, 2.75) is 13.3 Å². The third-order valence-corrected chi connectivity index (χ3v) is 3.80. The summed E-state index contributed by atoms with van der Waals surface area (Å²) in [5.41, 5.74) is 1.63. The van der Waals surface area contributed by atoms with Crippen molar-refractivity contribution < 1.29 is 9.53 Å². The van der Waals surface area contributed by atoms with Crippen LogP contribution < -0.4 is 10.6 Å². The molecule has 2 aromatic heterocycles. The normalized spacial score (nSPS) is 9.83. The van der Waals surface area contributed by atoms with Crippen molar-refractivity contribution in [2.75, 3.05) is 25.6 Å². The Kier molecular flexibility index (Phi) is 6.54. The molecule has 0 fully saturated rings. The lowest BCUT2D eigenvalue weighted by Crippen LogP contribution is -2.29. The second-order valence-electron chi connectivity index (χ2n) is 4.65. The van der Waals surface area contributed by atoms with E-state index in [9.17, 15) is 4.79 Å². The van der Waals surface area contributed by atoms with Crippen LogP contribution in [0, 0.1) is 18.8 Å². The summed E-state index contributed by atoms with van der Waals surface area (Å²) in [5, 5.41) is 5.99. The molecule has 6 nitrogen and oxygen atoms in total. The summed E-state index contributed by atoms with van der Waals surface area (Å²) in [6.45, 7) is 3.04. The van der Waals surface area contributed by atoms with Crippen LogP contribution in [0.4, 0.5) is 9.93 Å². The molecule has 0 saturated carbocycles. The number of pyridine rings is 1. The number of amides is 2. The van der Waals surface area contributed by atoms with Crippen LogP contribution in [0.2, 0.25) is 0 Å². The predicted molar refractivity (Wildman–Crippen MR) is 90.6 cm³/mol. The monoisotopic (exact) mass is 330 g/mol. The molecular weight excluding hydrogens is 312 g/mol. The number of carbonyl (C=O) groups excluding carboxylic acids is 1. The maximum Gasteiger partial charge on any atom is 0.321 e. The van der Waals surface area contributed by atoms with Gasteiger partial charge in [0, 0.05) is 38.2 Å². The van der Waals surface area contributed by atoms with E-state index >= 15 is 0 Å². The molecule has 0 aliphatic carbocycles. The number of nitrogens with zero attached hydrogens (tertiary/aromatic N) is 2. The van der Waals surface area contributed by atoms with E-state index in [1.165, 1.54) is 11.3 Å². The first-order valence-electron chi connectivity index (χ1n) is 7.12. The van der Waals surface area contributed by atoms with Crippen LogP contribution >= 0.6 is 11.3 Å². The molecular formula is C16H18N4O2S. The van der Waals surface area contributed by atoms with Gasteiger partial charge < -0.3 is 10.1 Å². The van der Waals surface area contributed by atoms with Gasteiger partial charge in [0.15, 0.2) is 5.13 Å². The number of methoxy groups -OCH3 is 1. The second kappa shape index (κ2) is 8.88. The van der Waals surface area contributed by atoms with Gasteiger partial charge in [0.05, 0.1) is 5.69 Å². The molecule has 2 heterocycles. The number of thiazole rings is 1. The van der Waals surface area contributed by atoms with E-state index in [1.807, 2.05) is 19.1 Å². The molecule has 7 heteroatoms. The molecule has 0 spiro atoms. The molecule has 0 radical (unpaired) electrons. The Morgan fingerprint density at radius 2 is 2.30 bits per heavy atom. The Morgan fingerprint density at radius 3 is 3.04 bits per heavy atom. The lowest BCUT2D eigenvalue weighted by molar-refractivity contribution is 0.194. The maximum absolute atomic E-state index is 11.7. The van der Waals surface area contributed by atoms with E-state index in [-0.39, 0.29) is 6.03 Å². The number of ether oxygens (including phenoxy) is 1. The van der Waals surface area contributed by atoms with Crippen molar-refractivity contribution in [3.63, 3.8) is 0 Å². The van der Waals surface area contributed by atoms with Crippen LogP contribution in [-0.2, 0) is 4.74 Å². The van der Waals surface area contributed by atoms with Gasteiger partial charge >= 0.3 is 6.03 Å². The predicted octanol–water partition coefficient (Wildman–Crippen LogP) is 2.40. The molecule has 0 aliphatic rings. The number of aryl methyl sites for hydroxylation is 1. The van der Waals surface area contributed by atoms with Crippen LogP contribution in [0.5, 0.6) is 0 Å². The van der Waals surface area contributed by atoms with E-state index in [1.54, 1.807) is 19.5 Å². The lowest BCUT2D eigenvalue weighted by atomic mass is 10.3. The Morgan fingerprint density at radius 1 is 1.43 bits per heavy atom. The summed E-state index contributed by atoms with van der Waals surface area (Å²) in [6, 6.07) is 3.45. The van der Waals surface area contributed by atoms with Crippen LogP contribution in [0.3, 0.4) is 0 Å². The topological polar surface area (TPSA) is 76.1 Å². The highest BCUT2D eigenvalue weighted by atomic mass is 32.1. The molecule has 2 amide bonds. The van der Waals surface area contributed by atoms with Crippen LogP contribution in [0.25, 0.3) is 0 Å². The molecule has 120 valence electrons. The van der Waals surface area contributed by atoms with Crippen molar-refractivity contribution in [1.82, 2.24) is 15.3 Å². The van der Waals surface area contributed by atoms with Gasteiger partial charge in [-0.2, -0.15) is 0 Å². The molecule has 2 aromatic rings. The number of rotatable bonds is 5. The highest BCUT2D eigenvalue weighted by Gasteiger charge is 2.08. The maximum atomic E-state index is 11.7. The summed E-state index contributed by atoms with van der Waals surface area (Å²) >= 11 is 1.35. The van der Waals surface area contributed by atoms with Crippen molar-refractivity contribution in [2.24, 2.45) is 0 Å². The second-order valence-corrected chi connectivity index (χ2v) is 5.65. The summed E-state index contributed by atoms with van der Waals surface area (Å²) < 4.78 is 4.92. The first-order valence-corrected chi connectivity index (χ1v) is 7.94. The SMILES string of the molecule is COCCCNC(=O)Nc1nc(C)c(C#Cc2cccnc2)s1. The fraction of sp³-hybridized carbons (Fsp3) is 0.312. The first-order chi connectivity index (χ1) is 11.2. The van der Waals surface area contributed by atoms with Gasteiger partial charge in [-0.05, 0) is 31.4 Å². The van der Waals surface area contributed by atoms with E-state index in [0.29, 0.717) is 18.3 Å². The molecule has 23 heavy (non-hydrogen) atoms. The number of nitrogens with one attached hydrogen (secondary N) is 2. The molecule has 0 aromatic carbocycles. The first kappa shape index (κ1) is 16.9. The largest absolute Gasteiger partial charge is 0.385 e. The minimum absolute atomic E-state index is 0.276. The molecule has 0 atom stereocenters. The van der Waals surface area contributed by atoms with Gasteiger partial charge in [-0.15, -0.1) is 0 Å². The minimum Gasteiger partial charge on any atom is -0.385 e. The summed E-state index contributed by atoms with van der Waals surface area (Å²) in [6.07, 6.45) is 4.18. The van der Waals surface area contributed by atoms with E-state index in [2.05, 4.69) is 32.4 Å². The lowest BCUT2D eigenvalue weighted by Gasteiger charge is -2.04. The molecule has 0 unspecified atom stereocenters. The van der Waals surface area contributed by atoms with Gasteiger partial charge in [-0.3, -0.25) is 10.3 Å². The number of urea groups is 1. The van der Waals surface area contributed by atoms with Crippen molar-refractivity contribution in [3.8, 4) is 11.8 Å². The number of anilines is 1. The summed E-state index contributed by atoms with van der Waals surface area (Å²) in [7, 11) is 1.63. The Balaban J connectivity index is 1.93. The van der Waals surface area contributed by atoms with Gasteiger partial charge in [-0.1, -0.05) is 17.3 Å². The van der Waals surface area contributed by atoms with Crippen molar-refractivity contribution in [3.05, 3.63) is 40.7 Å². The van der Waals surface area contributed by atoms with Crippen molar-refractivity contribution >= 4 is 22.5 Å². The average Bonchev–Trinajstić information content (AvgIpc) is 2.90. The Hall–Kier alpha value is -2.43. The third kappa shape index (κ3) is 5.70. The smallest absolute Gasteiger partial charge is 0.321 e. The number of carbonyl (C=O) groups is 1. The van der Waals surface area contributed by atoms with Crippen LogP contribution in [0.15, 0.2) is 24.5 Å². The van der Waals surface area contributed by atoms with Gasteiger partial charge in [0.2, 0.25) is 0 Å². The molecule has 2 N–H and O–H groups in total. The highest BCUT2D eigenvalue weighted by Crippen LogP contribution is 2.21. The van der Waals surface area contributed by atoms with Gasteiger partial charge in [-0.25, -0.2) is 9.78 Å². The third-order valence-electron chi connectivity index (χ3n) is 2.81. The standard InChI is InChI=1S/C16H18N4O2S/c1-12-14(7-6-13-5-3-8-17-11-13)23-16(19-12)20-15(21)18-9-4-10-22-2/h3,5,8,11H,4,9-10H2,1-2H3,(H2,18,19,20,21). The fourth-order valence-electron chi connectivity index (χ4n) is 1.69. The number of hydrogen-bond acceptors (Lipinski definition) is 5. The zero-order valence-corrected chi connectivity index (χ0v) is 13.9. The zero-order chi connectivity index (χ0) is 16.5. The van der Waals surface area contributed by atoms with Crippen LogP contribution in [0.1, 0.15) is 22.6 Å². The zero-order valence-electron chi connectivity index (χ0n) is 13.0. The summed E-state index contributed by atoms with van der Waals surface area (Å²) in [4.78, 5) is 20.9. The number of hydrogen-bond donors (Lipinski definition) is 2. The molecule has 0 bridgehead atoms. The minimum atomic E-state index is -0.276. The van der Waals surface area contributed by atoms with E-state index in [0.717, 1.165) is 22.6 Å². The summed E-state index contributed by atoms with van der Waals surface area (Å²) in [5.74, 6) is 6.09. The average molecular weight is 330 g/mol. The van der Waals surface area contributed by atoms with E-state index in [4.69, 9.17) is 4.74 Å². The van der Waals surface area contributed by atoms with Crippen LogP contribution in [-0.4, -0.2) is 36.3 Å².